The zero-order valence-electron chi connectivity index (χ0n) is 16.4. The topological polar surface area (TPSA) is 100 Å². The molecule has 9 heteroatoms. The molecule has 1 fully saturated rings. The minimum atomic E-state index is -0.321. The Labute approximate surface area is 167 Å². The van der Waals surface area contributed by atoms with Gasteiger partial charge in [-0.05, 0) is 47.5 Å². The second kappa shape index (κ2) is 7.78. The number of anilines is 1. The summed E-state index contributed by atoms with van der Waals surface area (Å²) in [5.74, 6) is 1.73. The zero-order valence-corrected chi connectivity index (χ0v) is 16.4. The van der Waals surface area contributed by atoms with Gasteiger partial charge in [0, 0.05) is 23.4 Å². The molecule has 1 N–H and O–H groups in total. The van der Waals surface area contributed by atoms with Crippen LogP contribution in [0.2, 0.25) is 0 Å². The quantitative estimate of drug-likeness (QED) is 0.656. The van der Waals surface area contributed by atoms with Crippen LogP contribution in [0.5, 0.6) is 17.2 Å². The van der Waals surface area contributed by atoms with Gasteiger partial charge >= 0.3 is 0 Å². The number of ether oxygens (including phenoxy) is 3. The van der Waals surface area contributed by atoms with Crippen LogP contribution in [0.4, 0.5) is 5.69 Å². The lowest BCUT2D eigenvalue weighted by atomic mass is 10.1. The van der Waals surface area contributed by atoms with Gasteiger partial charge in [-0.2, -0.15) is 0 Å². The van der Waals surface area contributed by atoms with Gasteiger partial charge in [0.15, 0.2) is 17.3 Å². The van der Waals surface area contributed by atoms with E-state index in [1.54, 1.807) is 12.1 Å². The highest BCUT2D eigenvalue weighted by Gasteiger charge is 2.28. The Morgan fingerprint density at radius 1 is 1.00 bits per heavy atom. The van der Waals surface area contributed by atoms with E-state index in [1.165, 1.54) is 21.3 Å². The molecular formula is C20H21N5O4. The summed E-state index contributed by atoms with van der Waals surface area (Å²) < 4.78 is 17.7. The van der Waals surface area contributed by atoms with E-state index in [1.807, 2.05) is 28.9 Å². The first-order valence-electron chi connectivity index (χ1n) is 9.14. The molecular weight excluding hydrogens is 374 g/mol. The summed E-state index contributed by atoms with van der Waals surface area (Å²) in [7, 11) is 4.54. The number of nitrogens with one attached hydrogen (secondary N) is 1. The van der Waals surface area contributed by atoms with Crippen LogP contribution in [-0.4, -0.2) is 47.4 Å². The molecule has 9 nitrogen and oxygen atoms in total. The molecule has 0 atom stereocenters. The third-order valence-corrected chi connectivity index (χ3v) is 4.74. The minimum Gasteiger partial charge on any atom is -0.496 e. The van der Waals surface area contributed by atoms with Gasteiger partial charge in [-0.1, -0.05) is 0 Å². The van der Waals surface area contributed by atoms with Crippen molar-refractivity contribution in [3.8, 4) is 28.6 Å². The van der Waals surface area contributed by atoms with E-state index in [2.05, 4.69) is 20.8 Å². The van der Waals surface area contributed by atoms with Gasteiger partial charge in [0.25, 0.3) is 5.91 Å². The molecule has 0 radical (unpaired) electrons. The molecule has 0 saturated heterocycles. The lowest BCUT2D eigenvalue weighted by molar-refractivity contribution is 0.102. The van der Waals surface area contributed by atoms with Gasteiger partial charge in [0.2, 0.25) is 0 Å². The molecule has 0 aliphatic heterocycles. The van der Waals surface area contributed by atoms with Crippen molar-refractivity contribution in [3.63, 3.8) is 0 Å². The van der Waals surface area contributed by atoms with E-state index in [0.717, 1.165) is 24.2 Å². The van der Waals surface area contributed by atoms with Crippen LogP contribution in [0.15, 0.2) is 36.4 Å². The maximum atomic E-state index is 12.8. The summed E-state index contributed by atoms with van der Waals surface area (Å²) in [5, 5.41) is 14.8. The summed E-state index contributed by atoms with van der Waals surface area (Å²) in [6.07, 6.45) is 2.19. The highest BCUT2D eigenvalue weighted by Crippen LogP contribution is 2.37. The van der Waals surface area contributed by atoms with Gasteiger partial charge in [-0.15, -0.1) is 5.10 Å². The lowest BCUT2D eigenvalue weighted by Gasteiger charge is -2.14. The normalized spacial score (nSPS) is 13.1. The number of benzene rings is 2. The maximum absolute atomic E-state index is 12.8. The van der Waals surface area contributed by atoms with Gasteiger partial charge in [0.05, 0.1) is 32.9 Å². The van der Waals surface area contributed by atoms with Crippen LogP contribution in [0.1, 0.15) is 29.2 Å². The van der Waals surface area contributed by atoms with Gasteiger partial charge < -0.3 is 19.5 Å². The van der Waals surface area contributed by atoms with Crippen molar-refractivity contribution in [2.45, 2.75) is 18.9 Å². The molecule has 1 heterocycles. The van der Waals surface area contributed by atoms with Crippen LogP contribution >= 0.6 is 0 Å². The first-order valence-corrected chi connectivity index (χ1v) is 9.14. The van der Waals surface area contributed by atoms with Crippen molar-refractivity contribution in [3.05, 3.63) is 42.0 Å². The van der Waals surface area contributed by atoms with Gasteiger partial charge in [-0.25, -0.2) is 4.68 Å². The maximum Gasteiger partial charge on any atom is 0.259 e. The number of amides is 1. The standard InChI is InChI=1S/C20H21N5O4/c1-27-16-11-18(29-3)17(28-2)10-15(16)20(26)21-13-6-4-12(5-7-13)19-22-23-24-25(19)14-8-9-14/h4-7,10-11,14H,8-9H2,1-3H3,(H,21,26). The van der Waals surface area contributed by atoms with Crippen molar-refractivity contribution in [1.29, 1.82) is 0 Å². The van der Waals surface area contributed by atoms with Crippen molar-refractivity contribution in [1.82, 2.24) is 20.2 Å². The van der Waals surface area contributed by atoms with E-state index >= 15 is 0 Å². The second-order valence-electron chi connectivity index (χ2n) is 6.62. The Bertz CT molecular complexity index is 1030. The fraction of sp³-hybridized carbons (Fsp3) is 0.300. The summed E-state index contributed by atoms with van der Waals surface area (Å²) in [5.41, 5.74) is 1.87. The lowest BCUT2D eigenvalue weighted by Crippen LogP contribution is -2.13. The van der Waals surface area contributed by atoms with Crippen molar-refractivity contribution < 1.29 is 19.0 Å². The third-order valence-electron chi connectivity index (χ3n) is 4.74. The Morgan fingerprint density at radius 3 is 2.28 bits per heavy atom. The molecule has 3 aromatic rings. The average Bonchev–Trinajstić information content (AvgIpc) is 3.49. The molecule has 0 unspecified atom stereocenters. The van der Waals surface area contributed by atoms with Crippen LogP contribution < -0.4 is 19.5 Å². The fourth-order valence-electron chi connectivity index (χ4n) is 3.06. The van der Waals surface area contributed by atoms with Crippen LogP contribution in [0, 0.1) is 0 Å². The van der Waals surface area contributed by atoms with Crippen LogP contribution in [-0.2, 0) is 0 Å². The van der Waals surface area contributed by atoms with Crippen molar-refractivity contribution >= 4 is 11.6 Å². The molecule has 2 aromatic carbocycles. The molecule has 0 spiro atoms. The Hall–Kier alpha value is -3.62. The Morgan fingerprint density at radius 2 is 1.66 bits per heavy atom. The molecule has 1 saturated carbocycles. The largest absolute Gasteiger partial charge is 0.496 e. The van der Waals surface area contributed by atoms with Crippen molar-refractivity contribution in [2.75, 3.05) is 26.6 Å². The molecule has 150 valence electrons. The number of methoxy groups -OCH3 is 3. The molecule has 1 aliphatic rings. The molecule has 29 heavy (non-hydrogen) atoms. The Balaban J connectivity index is 1.55. The summed E-state index contributed by atoms with van der Waals surface area (Å²) in [6, 6.07) is 11.0. The molecule has 1 amide bonds. The molecule has 1 aromatic heterocycles. The average molecular weight is 395 g/mol. The number of hydrogen-bond acceptors (Lipinski definition) is 7. The molecule has 4 rings (SSSR count). The van der Waals surface area contributed by atoms with E-state index in [-0.39, 0.29) is 5.91 Å². The van der Waals surface area contributed by atoms with E-state index in [0.29, 0.717) is 34.5 Å². The number of nitrogens with zero attached hydrogens (tertiary/aromatic N) is 4. The highest BCUT2D eigenvalue weighted by atomic mass is 16.5. The summed E-state index contributed by atoms with van der Waals surface area (Å²) >= 11 is 0. The minimum absolute atomic E-state index is 0.321. The summed E-state index contributed by atoms with van der Waals surface area (Å²) in [4.78, 5) is 12.8. The highest BCUT2D eigenvalue weighted by molar-refractivity contribution is 6.06. The Kier molecular flexibility index (Phi) is 5.03. The number of carbonyl (C=O) groups is 1. The molecule has 1 aliphatic carbocycles. The van der Waals surface area contributed by atoms with E-state index in [9.17, 15) is 4.79 Å². The monoisotopic (exact) mass is 395 g/mol. The number of carbonyl (C=O) groups excluding carboxylic acids is 1. The predicted octanol–water partition coefficient (Wildman–Crippen LogP) is 2.95. The molecule has 0 bridgehead atoms. The van der Waals surface area contributed by atoms with Crippen LogP contribution in [0.3, 0.4) is 0 Å². The van der Waals surface area contributed by atoms with E-state index in [4.69, 9.17) is 14.2 Å². The summed E-state index contributed by atoms with van der Waals surface area (Å²) in [6.45, 7) is 0. The first kappa shape index (κ1) is 18.7. The second-order valence-corrected chi connectivity index (χ2v) is 6.62. The number of hydrogen-bond donors (Lipinski definition) is 1. The third kappa shape index (κ3) is 3.71. The number of aromatic nitrogens is 4. The predicted molar refractivity (Wildman–Crippen MR) is 106 cm³/mol. The van der Waals surface area contributed by atoms with E-state index < -0.39 is 0 Å². The number of rotatable bonds is 7. The zero-order chi connectivity index (χ0) is 20.4. The SMILES string of the molecule is COc1cc(OC)c(C(=O)Nc2ccc(-c3nnnn3C3CC3)cc2)cc1OC. The first-order chi connectivity index (χ1) is 14.1. The van der Waals surface area contributed by atoms with Gasteiger partial charge in [0.1, 0.15) is 5.75 Å². The fourth-order valence-corrected chi connectivity index (χ4v) is 3.06. The van der Waals surface area contributed by atoms with Crippen molar-refractivity contribution in [2.24, 2.45) is 0 Å². The van der Waals surface area contributed by atoms with Gasteiger partial charge in [-0.3, -0.25) is 4.79 Å². The smallest absolute Gasteiger partial charge is 0.259 e. The number of tetrazole rings is 1. The van der Waals surface area contributed by atoms with Crippen LogP contribution in [0.25, 0.3) is 11.4 Å².